The van der Waals surface area contributed by atoms with Crippen LogP contribution >= 0.6 is 47.1 Å². The molecule has 0 bridgehead atoms. The van der Waals surface area contributed by atoms with Crippen molar-refractivity contribution in [3.8, 4) is 0 Å². The van der Waals surface area contributed by atoms with Gasteiger partial charge >= 0.3 is 0 Å². The molecule has 0 aromatic carbocycles. The van der Waals surface area contributed by atoms with Crippen LogP contribution in [0.2, 0.25) is 0 Å². The summed E-state index contributed by atoms with van der Waals surface area (Å²) in [7, 11) is 0. The molecule has 174 valence electrons. The summed E-state index contributed by atoms with van der Waals surface area (Å²) in [5.74, 6) is 2.00. The molecule has 1 fully saturated rings. The monoisotopic (exact) mass is 577 g/mol. The van der Waals surface area contributed by atoms with Gasteiger partial charge in [0.05, 0.1) is 5.01 Å². The summed E-state index contributed by atoms with van der Waals surface area (Å²) in [6.07, 6.45) is 13.1. The smallest absolute Gasteiger partial charge is 0.191 e. The largest absolute Gasteiger partial charge is 0.357 e. The first kappa shape index (κ1) is 26.4. The molecule has 31 heavy (non-hydrogen) atoms. The van der Waals surface area contributed by atoms with Crippen molar-refractivity contribution in [3.63, 3.8) is 0 Å². The van der Waals surface area contributed by atoms with Crippen LogP contribution in [0.15, 0.2) is 16.3 Å². The summed E-state index contributed by atoms with van der Waals surface area (Å²) in [4.78, 5) is 10.6. The second-order valence-corrected chi connectivity index (χ2v) is 9.50. The van der Waals surface area contributed by atoms with Gasteiger partial charge in [-0.3, -0.25) is 4.99 Å². The Balaban J connectivity index is 0.00000341. The quantitative estimate of drug-likeness (QED) is 0.135. The number of guanidine groups is 1. The predicted molar refractivity (Wildman–Crippen MR) is 142 cm³/mol. The number of aliphatic imine (C=N–C) groups is 1. The van der Waals surface area contributed by atoms with Crippen LogP contribution in [0.3, 0.4) is 0 Å². The average Bonchev–Trinajstić information content (AvgIpc) is 3.51. The molecule has 1 aliphatic carbocycles. The normalized spacial score (nSPS) is 14.6. The van der Waals surface area contributed by atoms with Crippen molar-refractivity contribution in [2.75, 3.05) is 25.9 Å². The predicted octanol–water partition coefficient (Wildman–Crippen LogP) is 4.48. The van der Waals surface area contributed by atoms with Crippen LogP contribution in [0.25, 0.3) is 0 Å². The molecule has 0 radical (unpaired) electrons. The number of aromatic nitrogens is 4. The van der Waals surface area contributed by atoms with Crippen LogP contribution in [-0.2, 0) is 19.3 Å². The fraction of sp³-hybridized carbons (Fsp3) is 0.714. The third-order valence-corrected chi connectivity index (χ3v) is 7.21. The number of aryl methyl sites for hydroxylation is 2. The summed E-state index contributed by atoms with van der Waals surface area (Å²) in [6, 6.07) is 0.582. The van der Waals surface area contributed by atoms with Crippen LogP contribution in [-0.4, -0.2) is 51.6 Å². The van der Waals surface area contributed by atoms with Crippen LogP contribution in [0.1, 0.15) is 67.7 Å². The maximum Gasteiger partial charge on any atom is 0.191 e. The second-order valence-electron chi connectivity index (χ2n) is 7.53. The van der Waals surface area contributed by atoms with Crippen molar-refractivity contribution in [2.24, 2.45) is 4.99 Å². The third-order valence-electron chi connectivity index (χ3n) is 5.36. The van der Waals surface area contributed by atoms with E-state index in [2.05, 4.69) is 50.5 Å². The molecule has 2 heterocycles. The van der Waals surface area contributed by atoms with Gasteiger partial charge in [0, 0.05) is 49.6 Å². The van der Waals surface area contributed by atoms with E-state index < -0.39 is 0 Å². The van der Waals surface area contributed by atoms with Crippen LogP contribution in [0.4, 0.5) is 0 Å². The summed E-state index contributed by atoms with van der Waals surface area (Å²) >= 11 is 3.51. The molecule has 7 nitrogen and oxygen atoms in total. The molecule has 3 rings (SSSR count). The standard InChI is InChI=1S/C21H35N7S2.HI/c1-4-17-15-25-19(30-17)12-14-24-20(22-5-2)23-13-8-11-18-26-27-21(29-3)28(18)16-9-6-7-10-16;/h15-16H,4-14H2,1-3H3,(H2,22,23,24);1H. The molecule has 0 saturated heterocycles. The number of halogens is 1. The first-order chi connectivity index (χ1) is 14.7. The lowest BCUT2D eigenvalue weighted by atomic mass is 10.2. The summed E-state index contributed by atoms with van der Waals surface area (Å²) in [5, 5.41) is 17.9. The van der Waals surface area contributed by atoms with E-state index in [1.807, 2.05) is 6.20 Å². The Morgan fingerprint density at radius 2 is 2.03 bits per heavy atom. The van der Waals surface area contributed by atoms with E-state index in [1.165, 1.54) is 35.6 Å². The molecule has 10 heteroatoms. The molecule has 0 atom stereocenters. The summed E-state index contributed by atoms with van der Waals surface area (Å²) in [6.45, 7) is 6.74. The molecule has 0 amide bonds. The minimum atomic E-state index is 0. The molecular weight excluding hydrogens is 541 g/mol. The first-order valence-electron chi connectivity index (χ1n) is 11.2. The van der Waals surface area contributed by atoms with Crippen molar-refractivity contribution >= 4 is 53.0 Å². The van der Waals surface area contributed by atoms with Gasteiger partial charge in [-0.25, -0.2) is 4.98 Å². The lowest BCUT2D eigenvalue weighted by Crippen LogP contribution is -2.38. The van der Waals surface area contributed by atoms with Crippen LogP contribution in [0.5, 0.6) is 0 Å². The van der Waals surface area contributed by atoms with Gasteiger partial charge in [0.25, 0.3) is 0 Å². The Hall–Kier alpha value is -0.880. The van der Waals surface area contributed by atoms with Crippen molar-refractivity contribution in [1.29, 1.82) is 0 Å². The van der Waals surface area contributed by atoms with E-state index in [4.69, 9.17) is 4.99 Å². The van der Waals surface area contributed by atoms with E-state index >= 15 is 0 Å². The van der Waals surface area contributed by atoms with Gasteiger partial charge in [-0.05, 0) is 38.9 Å². The van der Waals surface area contributed by atoms with Gasteiger partial charge in [-0.2, -0.15) is 0 Å². The second kappa shape index (κ2) is 14.3. The molecule has 2 aromatic rings. The van der Waals surface area contributed by atoms with Crippen LogP contribution < -0.4 is 10.6 Å². The van der Waals surface area contributed by atoms with E-state index in [9.17, 15) is 0 Å². The topological polar surface area (TPSA) is 80.0 Å². The first-order valence-corrected chi connectivity index (χ1v) is 13.2. The highest BCUT2D eigenvalue weighted by molar-refractivity contribution is 14.0. The lowest BCUT2D eigenvalue weighted by Gasteiger charge is -2.16. The van der Waals surface area contributed by atoms with E-state index in [1.54, 1.807) is 23.1 Å². The Morgan fingerprint density at radius 1 is 1.23 bits per heavy atom. The number of hydrogen-bond acceptors (Lipinski definition) is 6. The number of hydrogen-bond donors (Lipinski definition) is 2. The molecule has 0 spiro atoms. The van der Waals surface area contributed by atoms with E-state index in [0.29, 0.717) is 6.04 Å². The molecule has 0 unspecified atom stereocenters. The molecule has 0 aliphatic heterocycles. The lowest BCUT2D eigenvalue weighted by molar-refractivity contribution is 0.461. The molecule has 2 N–H and O–H groups in total. The minimum Gasteiger partial charge on any atom is -0.357 e. The zero-order valence-corrected chi connectivity index (χ0v) is 22.9. The number of nitrogens with zero attached hydrogens (tertiary/aromatic N) is 5. The van der Waals surface area contributed by atoms with Gasteiger partial charge in [0.1, 0.15) is 5.82 Å². The zero-order chi connectivity index (χ0) is 21.2. The Bertz CT molecular complexity index is 800. The molecule has 1 saturated carbocycles. The Kier molecular flexibility index (Phi) is 12.2. The van der Waals surface area contributed by atoms with Crippen molar-refractivity contribution in [2.45, 2.75) is 76.4 Å². The molecule has 2 aromatic heterocycles. The van der Waals surface area contributed by atoms with Gasteiger partial charge in [0.15, 0.2) is 11.1 Å². The van der Waals surface area contributed by atoms with Crippen molar-refractivity contribution in [3.05, 3.63) is 21.9 Å². The Labute approximate surface area is 211 Å². The van der Waals surface area contributed by atoms with Gasteiger partial charge in [-0.1, -0.05) is 31.5 Å². The van der Waals surface area contributed by atoms with Crippen molar-refractivity contribution in [1.82, 2.24) is 30.4 Å². The van der Waals surface area contributed by atoms with Crippen molar-refractivity contribution < 1.29 is 0 Å². The molecular formula is C21H36IN7S2. The van der Waals surface area contributed by atoms with Gasteiger partial charge in [0.2, 0.25) is 0 Å². The number of nitrogens with one attached hydrogen (secondary N) is 2. The third kappa shape index (κ3) is 7.88. The minimum absolute atomic E-state index is 0. The molecule has 1 aliphatic rings. The maximum absolute atomic E-state index is 4.75. The highest BCUT2D eigenvalue weighted by atomic mass is 127. The van der Waals surface area contributed by atoms with E-state index in [-0.39, 0.29) is 24.0 Å². The fourth-order valence-electron chi connectivity index (χ4n) is 3.83. The zero-order valence-electron chi connectivity index (χ0n) is 18.9. The number of thioether (sulfide) groups is 1. The highest BCUT2D eigenvalue weighted by Crippen LogP contribution is 2.33. The Morgan fingerprint density at radius 3 is 2.71 bits per heavy atom. The van der Waals surface area contributed by atoms with Crippen LogP contribution in [0, 0.1) is 0 Å². The summed E-state index contributed by atoms with van der Waals surface area (Å²) < 4.78 is 2.39. The van der Waals surface area contributed by atoms with E-state index in [0.717, 1.165) is 62.3 Å². The number of thiazole rings is 1. The van der Waals surface area contributed by atoms with Gasteiger partial charge in [-0.15, -0.1) is 45.5 Å². The summed E-state index contributed by atoms with van der Waals surface area (Å²) in [5.41, 5.74) is 0. The highest BCUT2D eigenvalue weighted by Gasteiger charge is 2.23. The fourth-order valence-corrected chi connectivity index (χ4v) is 5.27. The average molecular weight is 578 g/mol. The number of rotatable bonds is 11. The van der Waals surface area contributed by atoms with Gasteiger partial charge < -0.3 is 15.2 Å². The maximum atomic E-state index is 4.75. The SMILES string of the molecule is CCNC(=NCCCc1nnc(SC)n1C1CCCC1)NCCc1ncc(CC)s1.I.